The van der Waals surface area contributed by atoms with Gasteiger partial charge >= 0.3 is 0 Å². The van der Waals surface area contributed by atoms with E-state index in [2.05, 4.69) is 57.4 Å². The second kappa shape index (κ2) is 6.28. The van der Waals surface area contributed by atoms with Gasteiger partial charge < -0.3 is 5.32 Å². The molecule has 0 atom stereocenters. The first-order valence-electron chi connectivity index (χ1n) is 5.60. The monoisotopic (exact) mass is 310 g/mol. The van der Waals surface area contributed by atoms with Gasteiger partial charge in [-0.1, -0.05) is 6.07 Å². The van der Waals surface area contributed by atoms with Crippen LogP contribution in [-0.4, -0.2) is 11.5 Å². The zero-order valence-electron chi connectivity index (χ0n) is 9.74. The molecule has 0 saturated heterocycles. The lowest BCUT2D eigenvalue weighted by Gasteiger charge is -2.03. The number of nitrogens with zero attached hydrogens (tertiary/aromatic N) is 1. The summed E-state index contributed by atoms with van der Waals surface area (Å²) >= 11 is 5.27. The molecule has 0 bridgehead atoms. The lowest BCUT2D eigenvalue weighted by molar-refractivity contribution is 0.678. The third-order valence-electron chi connectivity index (χ3n) is 2.46. The smallest absolute Gasteiger partial charge is 0.0701 e. The molecule has 2 nitrogen and oxygen atoms in total. The highest BCUT2D eigenvalue weighted by Gasteiger charge is 1.98. The van der Waals surface area contributed by atoms with Crippen LogP contribution >= 0.6 is 27.3 Å². The maximum atomic E-state index is 4.36. The van der Waals surface area contributed by atoms with E-state index in [1.54, 1.807) is 11.3 Å². The Hall–Kier alpha value is -0.710. The van der Waals surface area contributed by atoms with Crippen molar-refractivity contribution >= 4 is 27.3 Å². The average molecular weight is 311 g/mol. The third kappa shape index (κ3) is 4.22. The number of hydrogen-bond acceptors (Lipinski definition) is 3. The topological polar surface area (TPSA) is 24.9 Å². The minimum Gasteiger partial charge on any atom is -0.311 e. The van der Waals surface area contributed by atoms with Crippen LogP contribution in [0.1, 0.15) is 16.1 Å². The normalized spacial score (nSPS) is 10.7. The number of aryl methyl sites for hydroxylation is 1. The highest BCUT2D eigenvalue weighted by Crippen LogP contribution is 2.21. The summed E-state index contributed by atoms with van der Waals surface area (Å²) in [6, 6.07) is 8.44. The van der Waals surface area contributed by atoms with E-state index in [-0.39, 0.29) is 0 Å². The minimum atomic E-state index is 0.840. The summed E-state index contributed by atoms with van der Waals surface area (Å²) in [5.74, 6) is 0. The van der Waals surface area contributed by atoms with Gasteiger partial charge in [0.1, 0.15) is 0 Å². The van der Waals surface area contributed by atoms with Crippen molar-refractivity contribution in [2.75, 3.05) is 6.54 Å². The van der Waals surface area contributed by atoms with E-state index in [0.29, 0.717) is 0 Å². The Morgan fingerprint density at radius 1 is 1.29 bits per heavy atom. The van der Waals surface area contributed by atoms with Crippen molar-refractivity contribution in [3.63, 3.8) is 0 Å². The van der Waals surface area contributed by atoms with E-state index in [0.717, 1.165) is 25.2 Å². The molecule has 2 aromatic rings. The lowest BCUT2D eigenvalue weighted by Crippen LogP contribution is -2.17. The summed E-state index contributed by atoms with van der Waals surface area (Å²) in [6.07, 6.45) is 2.98. The van der Waals surface area contributed by atoms with E-state index in [1.807, 2.05) is 6.20 Å². The van der Waals surface area contributed by atoms with Crippen LogP contribution in [0.2, 0.25) is 0 Å². The number of halogens is 1. The molecule has 0 spiro atoms. The van der Waals surface area contributed by atoms with Crippen LogP contribution in [-0.2, 0) is 13.0 Å². The molecule has 2 aromatic heterocycles. The van der Waals surface area contributed by atoms with Crippen LogP contribution in [0.15, 0.2) is 34.2 Å². The van der Waals surface area contributed by atoms with Crippen LogP contribution in [0.4, 0.5) is 0 Å². The predicted octanol–water partition coefficient (Wildman–Crippen LogP) is 3.55. The van der Waals surface area contributed by atoms with Gasteiger partial charge in [0, 0.05) is 24.2 Å². The summed E-state index contributed by atoms with van der Waals surface area (Å²) in [4.78, 5) is 5.76. The van der Waals surface area contributed by atoms with Gasteiger partial charge in [-0.3, -0.25) is 4.98 Å². The van der Waals surface area contributed by atoms with Crippen molar-refractivity contribution in [1.82, 2.24) is 10.3 Å². The minimum absolute atomic E-state index is 0.840. The van der Waals surface area contributed by atoms with Crippen molar-refractivity contribution in [3.05, 3.63) is 50.4 Å². The van der Waals surface area contributed by atoms with Gasteiger partial charge in [0.15, 0.2) is 0 Å². The fraction of sp³-hybridized carbons (Fsp3) is 0.308. The standard InChI is InChI=1S/C13H15BrN2S/c1-10-2-3-11(16-8-10)9-15-7-6-12-4-5-13(14)17-12/h2-5,8,15H,6-7,9H2,1H3. The molecular weight excluding hydrogens is 296 g/mol. The van der Waals surface area contributed by atoms with E-state index in [4.69, 9.17) is 0 Å². The zero-order valence-corrected chi connectivity index (χ0v) is 12.1. The molecule has 90 valence electrons. The van der Waals surface area contributed by atoms with Crippen molar-refractivity contribution in [2.24, 2.45) is 0 Å². The van der Waals surface area contributed by atoms with Crippen LogP contribution in [0.25, 0.3) is 0 Å². The first kappa shape index (κ1) is 12.7. The van der Waals surface area contributed by atoms with Crippen molar-refractivity contribution in [3.8, 4) is 0 Å². The van der Waals surface area contributed by atoms with Crippen LogP contribution < -0.4 is 5.32 Å². The number of aromatic nitrogens is 1. The van der Waals surface area contributed by atoms with Crippen molar-refractivity contribution in [1.29, 1.82) is 0 Å². The second-order valence-electron chi connectivity index (χ2n) is 3.96. The van der Waals surface area contributed by atoms with E-state index in [1.165, 1.54) is 14.2 Å². The van der Waals surface area contributed by atoms with Gasteiger partial charge in [0.25, 0.3) is 0 Å². The molecule has 0 saturated carbocycles. The molecule has 2 rings (SSSR count). The number of nitrogens with one attached hydrogen (secondary N) is 1. The molecular formula is C13H15BrN2S. The Morgan fingerprint density at radius 3 is 2.82 bits per heavy atom. The molecule has 0 radical (unpaired) electrons. The molecule has 0 aliphatic carbocycles. The SMILES string of the molecule is Cc1ccc(CNCCc2ccc(Br)s2)nc1. The molecule has 0 aliphatic heterocycles. The molecule has 2 heterocycles. The second-order valence-corrected chi connectivity index (χ2v) is 6.51. The summed E-state index contributed by atoms with van der Waals surface area (Å²) < 4.78 is 1.20. The maximum Gasteiger partial charge on any atom is 0.0701 e. The largest absolute Gasteiger partial charge is 0.311 e. The van der Waals surface area contributed by atoms with Crippen molar-refractivity contribution < 1.29 is 0 Å². The van der Waals surface area contributed by atoms with Crippen LogP contribution in [0.3, 0.4) is 0 Å². The highest BCUT2D eigenvalue weighted by molar-refractivity contribution is 9.11. The Labute approximate surface area is 114 Å². The molecule has 0 unspecified atom stereocenters. The number of hydrogen-bond donors (Lipinski definition) is 1. The highest BCUT2D eigenvalue weighted by atomic mass is 79.9. The van der Waals surface area contributed by atoms with E-state index < -0.39 is 0 Å². The number of pyridine rings is 1. The molecule has 0 aromatic carbocycles. The summed E-state index contributed by atoms with van der Waals surface area (Å²) in [5.41, 5.74) is 2.31. The summed E-state index contributed by atoms with van der Waals surface area (Å²) in [7, 11) is 0. The Bertz CT molecular complexity index is 465. The average Bonchev–Trinajstić information content (AvgIpc) is 2.73. The quantitative estimate of drug-likeness (QED) is 0.854. The van der Waals surface area contributed by atoms with Gasteiger partial charge in [-0.25, -0.2) is 0 Å². The van der Waals surface area contributed by atoms with Crippen LogP contribution in [0.5, 0.6) is 0 Å². The molecule has 0 fully saturated rings. The van der Waals surface area contributed by atoms with Gasteiger partial charge in [-0.2, -0.15) is 0 Å². The van der Waals surface area contributed by atoms with Gasteiger partial charge in [0.2, 0.25) is 0 Å². The lowest BCUT2D eigenvalue weighted by atomic mass is 10.2. The first-order valence-corrected chi connectivity index (χ1v) is 7.21. The Kier molecular flexibility index (Phi) is 4.71. The summed E-state index contributed by atoms with van der Waals surface area (Å²) in [6.45, 7) is 3.88. The van der Waals surface area contributed by atoms with Crippen LogP contribution in [0, 0.1) is 6.92 Å². The first-order chi connectivity index (χ1) is 8.24. The van der Waals surface area contributed by atoms with Gasteiger partial charge in [-0.05, 0) is 53.0 Å². The molecule has 0 amide bonds. The Morgan fingerprint density at radius 2 is 2.18 bits per heavy atom. The zero-order chi connectivity index (χ0) is 12.1. The van der Waals surface area contributed by atoms with Gasteiger partial charge in [0.05, 0.1) is 9.48 Å². The molecule has 0 aliphatic rings. The molecule has 4 heteroatoms. The third-order valence-corrected chi connectivity index (χ3v) is 4.14. The molecule has 1 N–H and O–H groups in total. The molecule has 17 heavy (non-hydrogen) atoms. The fourth-order valence-corrected chi connectivity index (χ4v) is 3.00. The predicted molar refractivity (Wildman–Crippen MR) is 76.4 cm³/mol. The number of rotatable bonds is 5. The number of thiophene rings is 1. The van der Waals surface area contributed by atoms with Gasteiger partial charge in [-0.15, -0.1) is 11.3 Å². The van der Waals surface area contributed by atoms with Crippen molar-refractivity contribution in [2.45, 2.75) is 19.9 Å². The maximum absolute atomic E-state index is 4.36. The fourth-order valence-electron chi connectivity index (χ4n) is 1.52. The summed E-state index contributed by atoms with van der Waals surface area (Å²) in [5, 5.41) is 3.41. The van der Waals surface area contributed by atoms with E-state index in [9.17, 15) is 0 Å². The van der Waals surface area contributed by atoms with E-state index >= 15 is 0 Å². The Balaban J connectivity index is 1.71.